The summed E-state index contributed by atoms with van der Waals surface area (Å²) in [6.45, 7) is 0. The zero-order chi connectivity index (χ0) is 12.6. The number of ether oxygens (including phenoxy) is 1. The summed E-state index contributed by atoms with van der Waals surface area (Å²) in [5.41, 5.74) is -0.404. The summed E-state index contributed by atoms with van der Waals surface area (Å²) in [6.07, 6.45) is -2.75. The standard InChI is InChI=1S/C11H7ClF3NO/c1-17-10-2-5-6(12)3-9(11(14)15)16-8(5)4-7(10)13/h2-4,11H,1H3. The average Bonchev–Trinajstić information content (AvgIpc) is 2.27. The zero-order valence-electron chi connectivity index (χ0n) is 8.68. The first-order valence-corrected chi connectivity index (χ1v) is 5.02. The van der Waals surface area contributed by atoms with Crippen molar-refractivity contribution in [3.05, 3.63) is 34.7 Å². The summed E-state index contributed by atoms with van der Waals surface area (Å²) in [5, 5.41) is 0.456. The number of aromatic nitrogens is 1. The fourth-order valence-electron chi connectivity index (χ4n) is 1.47. The molecule has 1 heterocycles. The van der Waals surface area contributed by atoms with Crippen molar-refractivity contribution >= 4 is 22.5 Å². The van der Waals surface area contributed by atoms with Crippen molar-refractivity contribution in [1.82, 2.24) is 4.98 Å². The van der Waals surface area contributed by atoms with Crippen molar-refractivity contribution in [1.29, 1.82) is 0 Å². The molecule has 0 aliphatic carbocycles. The quantitative estimate of drug-likeness (QED) is 0.816. The minimum Gasteiger partial charge on any atom is -0.494 e. The topological polar surface area (TPSA) is 22.1 Å². The second-order valence-corrected chi connectivity index (χ2v) is 3.74. The predicted molar refractivity (Wildman–Crippen MR) is 58.2 cm³/mol. The van der Waals surface area contributed by atoms with Crippen LogP contribution in [0.4, 0.5) is 13.2 Å². The fraction of sp³-hybridized carbons (Fsp3) is 0.182. The van der Waals surface area contributed by atoms with Crippen LogP contribution in [-0.4, -0.2) is 12.1 Å². The molecule has 0 amide bonds. The van der Waals surface area contributed by atoms with Gasteiger partial charge in [-0.3, -0.25) is 0 Å². The van der Waals surface area contributed by atoms with E-state index >= 15 is 0 Å². The van der Waals surface area contributed by atoms with Gasteiger partial charge < -0.3 is 4.74 Å². The van der Waals surface area contributed by atoms with Gasteiger partial charge in [0.25, 0.3) is 6.43 Å². The molecule has 0 aliphatic rings. The molecule has 17 heavy (non-hydrogen) atoms. The Morgan fingerprint density at radius 1 is 1.29 bits per heavy atom. The first-order valence-electron chi connectivity index (χ1n) is 4.64. The summed E-state index contributed by atoms with van der Waals surface area (Å²) in [7, 11) is 1.30. The number of benzene rings is 1. The van der Waals surface area contributed by atoms with Gasteiger partial charge >= 0.3 is 0 Å². The molecule has 2 rings (SSSR count). The van der Waals surface area contributed by atoms with Gasteiger partial charge in [-0.15, -0.1) is 0 Å². The van der Waals surface area contributed by atoms with Crippen LogP contribution in [0.5, 0.6) is 5.75 Å². The minimum atomic E-state index is -2.75. The lowest BCUT2D eigenvalue weighted by molar-refractivity contribution is 0.146. The highest BCUT2D eigenvalue weighted by Gasteiger charge is 2.14. The first kappa shape index (κ1) is 12.0. The Labute approximate surface area is 100.0 Å². The van der Waals surface area contributed by atoms with Crippen molar-refractivity contribution in [2.24, 2.45) is 0 Å². The smallest absolute Gasteiger partial charge is 0.280 e. The molecule has 0 N–H and O–H groups in total. The first-order chi connectivity index (χ1) is 8.02. The van der Waals surface area contributed by atoms with Crippen LogP contribution in [0.2, 0.25) is 5.02 Å². The van der Waals surface area contributed by atoms with Gasteiger partial charge in [-0.1, -0.05) is 11.6 Å². The molecule has 0 saturated carbocycles. The van der Waals surface area contributed by atoms with E-state index in [1.54, 1.807) is 0 Å². The van der Waals surface area contributed by atoms with E-state index in [9.17, 15) is 13.2 Å². The number of fused-ring (bicyclic) bond motifs is 1. The van der Waals surface area contributed by atoms with E-state index in [1.165, 1.54) is 13.2 Å². The molecule has 0 bridgehead atoms. The van der Waals surface area contributed by atoms with E-state index in [4.69, 9.17) is 16.3 Å². The van der Waals surface area contributed by atoms with Gasteiger partial charge in [0.15, 0.2) is 11.6 Å². The molecule has 0 unspecified atom stereocenters. The maximum absolute atomic E-state index is 13.4. The third-order valence-corrected chi connectivity index (χ3v) is 2.59. The van der Waals surface area contributed by atoms with Crippen molar-refractivity contribution in [3.63, 3.8) is 0 Å². The highest BCUT2D eigenvalue weighted by molar-refractivity contribution is 6.35. The molecular weight excluding hydrogens is 255 g/mol. The van der Waals surface area contributed by atoms with Gasteiger partial charge in [0.05, 0.1) is 17.6 Å². The van der Waals surface area contributed by atoms with E-state index in [0.717, 1.165) is 12.1 Å². The van der Waals surface area contributed by atoms with E-state index in [2.05, 4.69) is 4.98 Å². The Hall–Kier alpha value is -1.49. The SMILES string of the molecule is COc1cc2c(Cl)cc(C(F)F)nc2cc1F. The van der Waals surface area contributed by atoms with Crippen molar-refractivity contribution in [2.45, 2.75) is 6.43 Å². The molecule has 0 radical (unpaired) electrons. The normalized spacial score (nSPS) is 11.2. The molecule has 1 aromatic heterocycles. The summed E-state index contributed by atoms with van der Waals surface area (Å²) in [4.78, 5) is 3.64. The van der Waals surface area contributed by atoms with Crippen LogP contribution in [0, 0.1) is 5.82 Å². The molecular formula is C11H7ClF3NO. The molecule has 1 aromatic carbocycles. The maximum Gasteiger partial charge on any atom is 0.280 e. The molecule has 2 nitrogen and oxygen atoms in total. The van der Waals surface area contributed by atoms with Crippen LogP contribution in [0.3, 0.4) is 0 Å². The molecule has 0 atom stereocenters. The van der Waals surface area contributed by atoms with Crippen LogP contribution < -0.4 is 4.74 Å². The van der Waals surface area contributed by atoms with Crippen LogP contribution in [0.15, 0.2) is 18.2 Å². The molecule has 90 valence electrons. The third-order valence-electron chi connectivity index (χ3n) is 2.28. The van der Waals surface area contributed by atoms with E-state index in [-0.39, 0.29) is 16.3 Å². The highest BCUT2D eigenvalue weighted by atomic mass is 35.5. The monoisotopic (exact) mass is 261 g/mol. The number of rotatable bonds is 2. The Balaban J connectivity index is 2.73. The molecule has 0 fully saturated rings. The number of hydrogen-bond acceptors (Lipinski definition) is 2. The summed E-state index contributed by atoms with van der Waals surface area (Å²) in [5.74, 6) is -0.680. The third kappa shape index (κ3) is 2.15. The Morgan fingerprint density at radius 3 is 2.59 bits per heavy atom. The van der Waals surface area contributed by atoms with Crippen LogP contribution >= 0.6 is 11.6 Å². The second-order valence-electron chi connectivity index (χ2n) is 3.33. The fourth-order valence-corrected chi connectivity index (χ4v) is 1.74. The molecule has 0 aliphatic heterocycles. The Morgan fingerprint density at radius 2 is 2.00 bits per heavy atom. The Bertz CT molecular complexity index is 574. The summed E-state index contributed by atoms with van der Waals surface area (Å²) >= 11 is 5.84. The van der Waals surface area contributed by atoms with Crippen molar-refractivity contribution in [2.75, 3.05) is 7.11 Å². The Kier molecular flexibility index (Phi) is 3.11. The number of nitrogens with zero attached hydrogens (tertiary/aromatic N) is 1. The molecule has 0 spiro atoms. The van der Waals surface area contributed by atoms with E-state index < -0.39 is 17.9 Å². The highest BCUT2D eigenvalue weighted by Crippen LogP contribution is 2.31. The number of halogens is 4. The van der Waals surface area contributed by atoms with Crippen LogP contribution in [-0.2, 0) is 0 Å². The van der Waals surface area contributed by atoms with Crippen LogP contribution in [0.25, 0.3) is 10.9 Å². The van der Waals surface area contributed by atoms with E-state index in [1.807, 2.05) is 0 Å². The average molecular weight is 262 g/mol. The number of pyridine rings is 1. The summed E-state index contributed by atoms with van der Waals surface area (Å²) in [6, 6.07) is 3.41. The summed E-state index contributed by atoms with van der Waals surface area (Å²) < 4.78 is 43.1. The predicted octanol–water partition coefficient (Wildman–Crippen LogP) is 3.97. The van der Waals surface area contributed by atoms with Gasteiger partial charge in [-0.2, -0.15) is 0 Å². The molecule has 0 saturated heterocycles. The second kappa shape index (κ2) is 4.41. The number of alkyl halides is 2. The maximum atomic E-state index is 13.4. The van der Waals surface area contributed by atoms with Gasteiger partial charge in [0, 0.05) is 11.5 Å². The van der Waals surface area contributed by atoms with Crippen LogP contribution in [0.1, 0.15) is 12.1 Å². The number of hydrogen-bond donors (Lipinski definition) is 0. The molecule has 2 aromatic rings. The largest absolute Gasteiger partial charge is 0.494 e. The lowest BCUT2D eigenvalue weighted by Crippen LogP contribution is -1.94. The number of methoxy groups -OCH3 is 1. The zero-order valence-corrected chi connectivity index (χ0v) is 9.43. The van der Waals surface area contributed by atoms with E-state index in [0.29, 0.717) is 5.39 Å². The van der Waals surface area contributed by atoms with Gasteiger partial charge in [0.1, 0.15) is 5.69 Å². The van der Waals surface area contributed by atoms with Gasteiger partial charge in [-0.25, -0.2) is 18.2 Å². The van der Waals surface area contributed by atoms with Gasteiger partial charge in [0.2, 0.25) is 0 Å². The molecule has 6 heteroatoms. The van der Waals surface area contributed by atoms with Crippen molar-refractivity contribution < 1.29 is 17.9 Å². The van der Waals surface area contributed by atoms with Gasteiger partial charge in [-0.05, 0) is 12.1 Å². The lowest BCUT2D eigenvalue weighted by Gasteiger charge is -2.07. The van der Waals surface area contributed by atoms with Crippen molar-refractivity contribution in [3.8, 4) is 5.75 Å². The lowest BCUT2D eigenvalue weighted by atomic mass is 10.2. The minimum absolute atomic E-state index is 0.00834.